The van der Waals surface area contributed by atoms with Gasteiger partial charge < -0.3 is 23.8 Å². The fourth-order valence-corrected chi connectivity index (χ4v) is 0.289. The van der Waals surface area contributed by atoms with Crippen molar-refractivity contribution in [3.8, 4) is 0 Å². The molecule has 0 aliphatic heterocycles. The van der Waals surface area contributed by atoms with Crippen molar-refractivity contribution in [2.75, 3.05) is 0 Å². The van der Waals surface area contributed by atoms with Crippen LogP contribution >= 0.6 is 0 Å². The van der Waals surface area contributed by atoms with Crippen molar-refractivity contribution in [2.24, 2.45) is 0 Å². The average molecular weight is 183 g/mol. The maximum atomic E-state index is 2.96. The van der Waals surface area contributed by atoms with Gasteiger partial charge in [0.15, 0.2) is 0 Å². The summed E-state index contributed by atoms with van der Waals surface area (Å²) in [5.74, 6) is 0. The fraction of sp³-hybridized carbons (Fsp3) is 0.429. The smallest absolute Gasteiger partial charge is 0 e. The molecule has 0 saturated carbocycles. The Balaban J connectivity index is 0. The zero-order valence-electron chi connectivity index (χ0n) is 5.65. The van der Waals surface area contributed by atoms with Gasteiger partial charge >= 0.3 is 0 Å². The molecule has 0 saturated heterocycles. The van der Waals surface area contributed by atoms with E-state index in [-0.39, 0.29) is 32.7 Å². The van der Waals surface area contributed by atoms with E-state index in [2.05, 4.69) is 12.2 Å². The summed E-state index contributed by atoms with van der Waals surface area (Å²) in [5.41, 5.74) is 1.14. The molecule has 1 radical (unpaired) electrons. The Hall–Kier alpha value is 0.584. The molecule has 0 amide bonds. The summed E-state index contributed by atoms with van der Waals surface area (Å²) in [5, 5.41) is 0. The molecule has 0 rings (SSSR count). The van der Waals surface area contributed by atoms with Gasteiger partial charge in [-0.15, -0.1) is 20.8 Å². The van der Waals surface area contributed by atoms with Crippen molar-refractivity contribution in [1.29, 1.82) is 0 Å². The van der Waals surface area contributed by atoms with E-state index in [1.807, 2.05) is 26.8 Å². The van der Waals surface area contributed by atoms with Crippen molar-refractivity contribution in [3.63, 3.8) is 0 Å². The second kappa shape index (κ2) is 7.58. The van der Waals surface area contributed by atoms with Crippen molar-refractivity contribution in [2.45, 2.75) is 20.8 Å². The van der Waals surface area contributed by atoms with Crippen LogP contribution in [0.4, 0.5) is 0 Å². The molecular formula is C7H10Y-2. The van der Waals surface area contributed by atoms with E-state index in [9.17, 15) is 0 Å². The van der Waals surface area contributed by atoms with E-state index in [0.717, 1.165) is 5.57 Å². The van der Waals surface area contributed by atoms with Crippen LogP contribution in [-0.4, -0.2) is 0 Å². The third-order valence-electron chi connectivity index (χ3n) is 0.755. The van der Waals surface area contributed by atoms with Gasteiger partial charge in [0.2, 0.25) is 0 Å². The van der Waals surface area contributed by atoms with E-state index in [1.54, 1.807) is 0 Å². The maximum Gasteiger partial charge on any atom is 0 e. The third-order valence-corrected chi connectivity index (χ3v) is 0.755. The van der Waals surface area contributed by atoms with Gasteiger partial charge in [0.25, 0.3) is 0 Å². The molecule has 0 bridgehead atoms. The first kappa shape index (κ1) is 11.4. The van der Waals surface area contributed by atoms with E-state index >= 15 is 0 Å². The molecule has 0 unspecified atom stereocenters. The van der Waals surface area contributed by atoms with Crippen molar-refractivity contribution < 1.29 is 32.7 Å². The molecule has 0 aliphatic rings. The zero-order valence-corrected chi connectivity index (χ0v) is 8.49. The van der Waals surface area contributed by atoms with Gasteiger partial charge in [0.05, 0.1) is 0 Å². The van der Waals surface area contributed by atoms with Crippen molar-refractivity contribution in [1.82, 2.24) is 0 Å². The van der Waals surface area contributed by atoms with Crippen LogP contribution in [0.1, 0.15) is 20.8 Å². The summed E-state index contributed by atoms with van der Waals surface area (Å²) in [6, 6.07) is 0. The summed E-state index contributed by atoms with van der Waals surface area (Å²) >= 11 is 0. The van der Waals surface area contributed by atoms with Gasteiger partial charge in [-0.2, -0.15) is 0 Å². The molecule has 0 heterocycles. The fourth-order valence-electron chi connectivity index (χ4n) is 0.289. The van der Waals surface area contributed by atoms with Gasteiger partial charge in [-0.1, -0.05) is 0 Å². The minimum Gasteiger partial charge on any atom is -0.388 e. The SMILES string of the molecule is C[C-]=CC(C)=[C-]C.[Y]. The van der Waals surface area contributed by atoms with Crippen LogP contribution in [0.3, 0.4) is 0 Å². The zero-order chi connectivity index (χ0) is 5.70. The molecule has 0 aromatic carbocycles. The molecule has 0 spiro atoms. The molecule has 43 valence electrons. The van der Waals surface area contributed by atoms with E-state index in [0.29, 0.717) is 0 Å². The van der Waals surface area contributed by atoms with Crippen LogP contribution in [0.5, 0.6) is 0 Å². The van der Waals surface area contributed by atoms with Gasteiger partial charge in [-0.3, -0.25) is 0 Å². The molecule has 0 aromatic rings. The van der Waals surface area contributed by atoms with E-state index in [1.165, 1.54) is 0 Å². The summed E-state index contributed by atoms with van der Waals surface area (Å²) < 4.78 is 0. The largest absolute Gasteiger partial charge is 0.388 e. The van der Waals surface area contributed by atoms with Crippen LogP contribution in [0.25, 0.3) is 0 Å². The minimum atomic E-state index is 0. The quantitative estimate of drug-likeness (QED) is 0.431. The maximum absolute atomic E-state index is 2.96. The molecule has 8 heavy (non-hydrogen) atoms. The van der Waals surface area contributed by atoms with Gasteiger partial charge in [0.1, 0.15) is 0 Å². The molecular weight excluding hydrogens is 173 g/mol. The first-order valence-corrected chi connectivity index (χ1v) is 2.33. The molecule has 0 atom stereocenters. The Morgan fingerprint density at radius 2 is 1.88 bits per heavy atom. The van der Waals surface area contributed by atoms with E-state index < -0.39 is 0 Å². The first-order chi connectivity index (χ1) is 3.31. The first-order valence-electron chi connectivity index (χ1n) is 2.33. The van der Waals surface area contributed by atoms with Crippen molar-refractivity contribution in [3.05, 3.63) is 23.8 Å². The Labute approximate surface area is 76.9 Å². The van der Waals surface area contributed by atoms with E-state index in [4.69, 9.17) is 0 Å². The number of allylic oxidation sites excluding steroid dienone is 4. The molecule has 0 aromatic heterocycles. The number of hydrogen-bond donors (Lipinski definition) is 0. The predicted octanol–water partition coefficient (Wildman–Crippen LogP) is 2.13. The molecule has 0 fully saturated rings. The molecule has 0 aliphatic carbocycles. The van der Waals surface area contributed by atoms with Gasteiger partial charge in [-0.25, -0.2) is 0 Å². The Morgan fingerprint density at radius 1 is 1.38 bits per heavy atom. The number of rotatable bonds is 1. The summed E-state index contributed by atoms with van der Waals surface area (Å²) in [7, 11) is 0. The summed E-state index contributed by atoms with van der Waals surface area (Å²) in [6.45, 7) is 5.76. The molecule has 0 N–H and O–H groups in total. The van der Waals surface area contributed by atoms with Crippen LogP contribution < -0.4 is 0 Å². The Morgan fingerprint density at radius 3 is 2.00 bits per heavy atom. The van der Waals surface area contributed by atoms with Crippen LogP contribution in [0.15, 0.2) is 11.6 Å². The Kier molecular flexibility index (Phi) is 10.8. The van der Waals surface area contributed by atoms with Gasteiger partial charge in [-0.05, 0) is 0 Å². The Bertz CT molecular complexity index is 90.6. The minimum absolute atomic E-state index is 0. The predicted molar refractivity (Wildman–Crippen MR) is 31.6 cm³/mol. The number of hydrogen-bond acceptors (Lipinski definition) is 0. The van der Waals surface area contributed by atoms with Crippen LogP contribution in [0.2, 0.25) is 0 Å². The summed E-state index contributed by atoms with van der Waals surface area (Å²) in [4.78, 5) is 0. The molecule has 0 nitrogen and oxygen atoms in total. The van der Waals surface area contributed by atoms with Gasteiger partial charge in [0, 0.05) is 32.7 Å². The monoisotopic (exact) mass is 183 g/mol. The van der Waals surface area contributed by atoms with Crippen LogP contribution in [0, 0.1) is 12.2 Å². The topological polar surface area (TPSA) is 0 Å². The second-order valence-electron chi connectivity index (χ2n) is 1.37. The average Bonchev–Trinajstić information content (AvgIpc) is 1.68. The summed E-state index contributed by atoms with van der Waals surface area (Å²) in [6.07, 6.45) is 7.76. The third kappa shape index (κ3) is 6.58. The standard InChI is InChI=1S/C7H10.Y/c1-4-6-7(3)5-2;/h6H,1-3H3;/q-2;. The van der Waals surface area contributed by atoms with Crippen LogP contribution in [-0.2, 0) is 32.7 Å². The molecule has 1 heteroatoms. The second-order valence-corrected chi connectivity index (χ2v) is 1.37. The normalized spacial score (nSPS) is 11.6. The van der Waals surface area contributed by atoms with Crippen molar-refractivity contribution >= 4 is 0 Å².